The van der Waals surface area contributed by atoms with Crippen LogP contribution in [0.1, 0.15) is 25.8 Å². The van der Waals surface area contributed by atoms with Gasteiger partial charge >= 0.3 is 6.03 Å². The zero-order valence-corrected chi connectivity index (χ0v) is 14.0. The van der Waals surface area contributed by atoms with Crippen LogP contribution in [-0.2, 0) is 11.2 Å². The first-order chi connectivity index (χ1) is 11.4. The van der Waals surface area contributed by atoms with Crippen molar-refractivity contribution in [1.82, 2.24) is 10.6 Å². The SMILES string of the molecule is CC1(C)[C@H](NC(=O)NCCc2ccc([N+](=O)[O-])cc2)[C@H]2CCO[C@H]21. The molecule has 1 heterocycles. The van der Waals surface area contributed by atoms with Gasteiger partial charge in [-0.2, -0.15) is 0 Å². The lowest BCUT2D eigenvalue weighted by atomic mass is 9.57. The zero-order valence-electron chi connectivity index (χ0n) is 14.0. The van der Waals surface area contributed by atoms with Gasteiger partial charge in [0.1, 0.15) is 0 Å². The molecule has 0 radical (unpaired) electrons. The summed E-state index contributed by atoms with van der Waals surface area (Å²) in [5.74, 6) is 0.417. The Balaban J connectivity index is 1.44. The molecule has 0 spiro atoms. The summed E-state index contributed by atoms with van der Waals surface area (Å²) in [6.45, 7) is 5.52. The third-order valence-corrected chi connectivity index (χ3v) is 5.23. The number of carbonyl (C=O) groups is 1. The minimum absolute atomic E-state index is 0.0309. The van der Waals surface area contributed by atoms with E-state index in [1.165, 1.54) is 12.1 Å². The molecule has 1 aliphatic carbocycles. The highest BCUT2D eigenvalue weighted by molar-refractivity contribution is 5.74. The van der Waals surface area contributed by atoms with Gasteiger partial charge in [0, 0.05) is 42.7 Å². The Hall–Kier alpha value is -2.15. The summed E-state index contributed by atoms with van der Waals surface area (Å²) in [4.78, 5) is 22.3. The third-order valence-electron chi connectivity index (χ3n) is 5.23. The van der Waals surface area contributed by atoms with Gasteiger partial charge in [0.2, 0.25) is 0 Å². The van der Waals surface area contributed by atoms with Crippen LogP contribution >= 0.6 is 0 Å². The molecule has 1 saturated heterocycles. The first-order valence-electron chi connectivity index (χ1n) is 8.29. The molecule has 7 heteroatoms. The highest BCUT2D eigenvalue weighted by Crippen LogP contribution is 2.51. The Morgan fingerprint density at radius 1 is 1.38 bits per heavy atom. The van der Waals surface area contributed by atoms with Crippen molar-refractivity contribution in [1.29, 1.82) is 0 Å². The topological polar surface area (TPSA) is 93.5 Å². The quantitative estimate of drug-likeness (QED) is 0.638. The van der Waals surface area contributed by atoms with E-state index in [9.17, 15) is 14.9 Å². The van der Waals surface area contributed by atoms with E-state index in [1.54, 1.807) is 12.1 Å². The summed E-state index contributed by atoms with van der Waals surface area (Å²) in [5, 5.41) is 16.5. The van der Waals surface area contributed by atoms with E-state index in [-0.39, 0.29) is 29.3 Å². The van der Waals surface area contributed by atoms with Crippen LogP contribution in [0, 0.1) is 21.4 Å². The molecule has 1 aromatic carbocycles. The second-order valence-electron chi connectivity index (χ2n) is 7.12. The largest absolute Gasteiger partial charge is 0.377 e. The van der Waals surface area contributed by atoms with Gasteiger partial charge in [0.15, 0.2) is 0 Å². The van der Waals surface area contributed by atoms with Crippen molar-refractivity contribution in [3.05, 3.63) is 39.9 Å². The maximum Gasteiger partial charge on any atom is 0.315 e. The van der Waals surface area contributed by atoms with Crippen molar-refractivity contribution >= 4 is 11.7 Å². The average Bonchev–Trinajstić information content (AvgIpc) is 3.00. The molecule has 1 aromatic rings. The first kappa shape index (κ1) is 16.7. The van der Waals surface area contributed by atoms with Crippen LogP contribution in [0.2, 0.25) is 0 Å². The normalized spacial score (nSPS) is 27.0. The molecule has 3 rings (SSSR count). The summed E-state index contributed by atoms with van der Waals surface area (Å²) < 4.78 is 5.72. The number of fused-ring (bicyclic) bond motifs is 1. The van der Waals surface area contributed by atoms with Gasteiger partial charge < -0.3 is 15.4 Å². The van der Waals surface area contributed by atoms with Crippen LogP contribution in [0.3, 0.4) is 0 Å². The standard InChI is InChI=1S/C17H23N3O4/c1-17(2)14(13-8-10-24-15(13)17)19-16(21)18-9-7-11-3-5-12(6-4-11)20(22)23/h3-6,13-15H,7-10H2,1-2H3,(H2,18,19,21)/t13-,14-,15-/m1/s1. The van der Waals surface area contributed by atoms with Crippen LogP contribution in [0.4, 0.5) is 10.5 Å². The van der Waals surface area contributed by atoms with E-state index in [1.807, 2.05) is 0 Å². The second-order valence-corrected chi connectivity index (χ2v) is 7.12. The molecular formula is C17H23N3O4. The Bertz CT molecular complexity index is 629. The minimum Gasteiger partial charge on any atom is -0.377 e. The number of non-ortho nitro benzene ring substituents is 1. The number of carbonyl (C=O) groups excluding carboxylic acids is 1. The Morgan fingerprint density at radius 3 is 2.75 bits per heavy atom. The van der Waals surface area contributed by atoms with E-state index in [0.29, 0.717) is 18.9 Å². The summed E-state index contributed by atoms with van der Waals surface area (Å²) >= 11 is 0. The van der Waals surface area contributed by atoms with E-state index in [0.717, 1.165) is 18.6 Å². The summed E-state index contributed by atoms with van der Waals surface area (Å²) in [6, 6.07) is 6.36. The van der Waals surface area contributed by atoms with Gasteiger partial charge in [-0.25, -0.2) is 4.79 Å². The van der Waals surface area contributed by atoms with E-state index < -0.39 is 4.92 Å². The minimum atomic E-state index is -0.421. The van der Waals surface area contributed by atoms with Crippen molar-refractivity contribution < 1.29 is 14.5 Å². The van der Waals surface area contributed by atoms with Crippen LogP contribution in [-0.4, -0.2) is 36.3 Å². The van der Waals surface area contributed by atoms with Crippen LogP contribution in [0.25, 0.3) is 0 Å². The lowest BCUT2D eigenvalue weighted by molar-refractivity contribution is -0.384. The maximum atomic E-state index is 12.1. The van der Waals surface area contributed by atoms with E-state index in [4.69, 9.17) is 4.74 Å². The molecule has 1 aliphatic heterocycles. The van der Waals surface area contributed by atoms with Crippen molar-refractivity contribution in [2.45, 2.75) is 38.8 Å². The van der Waals surface area contributed by atoms with Gasteiger partial charge in [-0.3, -0.25) is 10.1 Å². The van der Waals surface area contributed by atoms with Crippen molar-refractivity contribution in [3.8, 4) is 0 Å². The summed E-state index contributed by atoms with van der Waals surface area (Å²) in [5.41, 5.74) is 0.996. The number of urea groups is 1. The fourth-order valence-electron chi connectivity index (χ4n) is 3.91. The third kappa shape index (κ3) is 3.08. The molecule has 0 bridgehead atoms. The first-order valence-corrected chi connectivity index (χ1v) is 8.29. The van der Waals surface area contributed by atoms with Gasteiger partial charge in [-0.15, -0.1) is 0 Å². The fourth-order valence-corrected chi connectivity index (χ4v) is 3.91. The van der Waals surface area contributed by atoms with Crippen molar-refractivity contribution in [2.24, 2.45) is 11.3 Å². The van der Waals surface area contributed by atoms with Crippen LogP contribution < -0.4 is 10.6 Å². The zero-order chi connectivity index (χ0) is 17.3. The molecule has 2 amide bonds. The van der Waals surface area contributed by atoms with Crippen molar-refractivity contribution in [2.75, 3.05) is 13.2 Å². The highest BCUT2D eigenvalue weighted by atomic mass is 16.6. The van der Waals surface area contributed by atoms with E-state index >= 15 is 0 Å². The number of rotatable bonds is 5. The molecule has 1 saturated carbocycles. The van der Waals surface area contributed by atoms with Gasteiger partial charge in [-0.1, -0.05) is 26.0 Å². The number of nitro groups is 1. The molecular weight excluding hydrogens is 310 g/mol. The molecule has 24 heavy (non-hydrogen) atoms. The lowest BCUT2D eigenvalue weighted by Gasteiger charge is -2.54. The van der Waals surface area contributed by atoms with Crippen molar-refractivity contribution in [3.63, 3.8) is 0 Å². The number of hydrogen-bond donors (Lipinski definition) is 2. The smallest absolute Gasteiger partial charge is 0.315 e. The Morgan fingerprint density at radius 2 is 2.08 bits per heavy atom. The average molecular weight is 333 g/mol. The van der Waals surface area contributed by atoms with Gasteiger partial charge in [0.25, 0.3) is 5.69 Å². The Kier molecular flexibility index (Phi) is 4.45. The maximum absolute atomic E-state index is 12.1. The highest BCUT2D eigenvalue weighted by Gasteiger charge is 2.59. The molecule has 7 nitrogen and oxygen atoms in total. The summed E-state index contributed by atoms with van der Waals surface area (Å²) in [7, 11) is 0. The molecule has 2 aliphatic rings. The number of ether oxygens (including phenoxy) is 1. The van der Waals surface area contributed by atoms with Crippen LogP contribution in [0.5, 0.6) is 0 Å². The fraction of sp³-hybridized carbons (Fsp3) is 0.588. The van der Waals surface area contributed by atoms with Gasteiger partial charge in [0.05, 0.1) is 11.0 Å². The summed E-state index contributed by atoms with van der Waals surface area (Å²) in [6.07, 6.45) is 1.89. The second kappa shape index (κ2) is 6.39. The number of hydrogen-bond acceptors (Lipinski definition) is 4. The molecule has 2 fully saturated rings. The monoisotopic (exact) mass is 333 g/mol. The molecule has 0 unspecified atom stereocenters. The molecule has 130 valence electrons. The molecule has 2 N–H and O–H groups in total. The predicted octanol–water partition coefficient (Wildman–Crippen LogP) is 2.25. The lowest BCUT2D eigenvalue weighted by Crippen LogP contribution is -2.67. The van der Waals surface area contributed by atoms with E-state index in [2.05, 4.69) is 24.5 Å². The molecule has 3 atom stereocenters. The predicted molar refractivity (Wildman–Crippen MR) is 88.8 cm³/mol. The number of nitrogens with zero attached hydrogens (tertiary/aromatic N) is 1. The Labute approximate surface area is 140 Å². The van der Waals surface area contributed by atoms with Gasteiger partial charge in [-0.05, 0) is 18.4 Å². The number of benzene rings is 1. The number of nitro benzene ring substituents is 1. The number of nitrogens with one attached hydrogen (secondary N) is 2. The molecule has 0 aromatic heterocycles. The van der Waals surface area contributed by atoms with Crippen LogP contribution in [0.15, 0.2) is 24.3 Å². The number of amides is 2.